The molecule has 1 aromatic rings. The zero-order chi connectivity index (χ0) is 13.7. The van der Waals surface area contributed by atoms with E-state index in [2.05, 4.69) is 21.2 Å². The first kappa shape index (κ1) is 15.0. The summed E-state index contributed by atoms with van der Waals surface area (Å²) in [7, 11) is 1.58. The highest BCUT2D eigenvalue weighted by atomic mass is 79.9. The molecule has 18 heavy (non-hydrogen) atoms. The number of hydrogen-bond donors (Lipinski definition) is 2. The molecule has 0 aromatic heterocycles. The molecule has 1 amide bonds. The number of halogens is 1. The third-order valence-electron chi connectivity index (χ3n) is 2.99. The summed E-state index contributed by atoms with van der Waals surface area (Å²) in [6.07, 6.45) is 0.869. The molecular formula is C13H19BrN2O2. The van der Waals surface area contributed by atoms with Gasteiger partial charge in [-0.1, -0.05) is 20.3 Å². The minimum absolute atomic E-state index is 0.148. The van der Waals surface area contributed by atoms with Crippen molar-refractivity contribution >= 4 is 27.5 Å². The van der Waals surface area contributed by atoms with Crippen LogP contribution in [0.15, 0.2) is 22.7 Å². The lowest BCUT2D eigenvalue weighted by Gasteiger charge is -2.18. The maximum atomic E-state index is 12.0. The molecule has 0 aliphatic carbocycles. The smallest absolute Gasteiger partial charge is 0.241 e. The van der Waals surface area contributed by atoms with E-state index >= 15 is 0 Å². The fraction of sp³-hybridized carbons (Fsp3) is 0.462. The van der Waals surface area contributed by atoms with E-state index in [1.165, 1.54) is 0 Å². The van der Waals surface area contributed by atoms with Crippen molar-refractivity contribution in [1.82, 2.24) is 0 Å². The second kappa shape index (κ2) is 6.75. The first-order valence-corrected chi connectivity index (χ1v) is 6.68. The number of nitrogens with one attached hydrogen (secondary N) is 1. The predicted molar refractivity (Wildman–Crippen MR) is 76.8 cm³/mol. The number of ether oxygens (including phenoxy) is 1. The van der Waals surface area contributed by atoms with Crippen LogP contribution in [0.4, 0.5) is 5.69 Å². The summed E-state index contributed by atoms with van der Waals surface area (Å²) in [4.78, 5) is 12.0. The van der Waals surface area contributed by atoms with Crippen LogP contribution in [0.25, 0.3) is 0 Å². The van der Waals surface area contributed by atoms with Crippen LogP contribution in [0, 0.1) is 5.92 Å². The highest BCUT2D eigenvalue weighted by Gasteiger charge is 2.20. The second-order valence-corrected chi connectivity index (χ2v) is 5.10. The van der Waals surface area contributed by atoms with Crippen molar-refractivity contribution in [3.63, 3.8) is 0 Å². The average Bonchev–Trinajstić information content (AvgIpc) is 2.39. The minimum Gasteiger partial charge on any atom is -0.497 e. The van der Waals surface area contributed by atoms with Gasteiger partial charge in [-0.3, -0.25) is 4.79 Å². The summed E-state index contributed by atoms with van der Waals surface area (Å²) in [5.41, 5.74) is 6.55. The molecule has 1 aromatic carbocycles. The first-order chi connectivity index (χ1) is 8.49. The molecule has 0 heterocycles. The van der Waals surface area contributed by atoms with Crippen molar-refractivity contribution in [2.24, 2.45) is 11.7 Å². The Balaban J connectivity index is 2.81. The summed E-state index contributed by atoms with van der Waals surface area (Å²) >= 11 is 3.38. The Bertz CT molecular complexity index is 423. The standard InChI is InChI=1S/C13H19BrN2O2/c1-4-8(2)12(15)13(17)16-11-7-9(18-3)5-6-10(11)14/h5-8,12H,4,15H2,1-3H3,(H,16,17)/t8?,12-/m0/s1. The molecule has 4 nitrogen and oxygen atoms in total. The van der Waals surface area contributed by atoms with Crippen LogP contribution in [0.5, 0.6) is 5.75 Å². The minimum atomic E-state index is -0.506. The Hall–Kier alpha value is -1.07. The van der Waals surface area contributed by atoms with Gasteiger partial charge in [0.2, 0.25) is 5.91 Å². The van der Waals surface area contributed by atoms with Crippen molar-refractivity contribution in [3.05, 3.63) is 22.7 Å². The van der Waals surface area contributed by atoms with Gasteiger partial charge in [0.1, 0.15) is 5.75 Å². The van der Waals surface area contributed by atoms with E-state index in [1.54, 1.807) is 13.2 Å². The molecule has 100 valence electrons. The normalized spacial score (nSPS) is 13.8. The molecule has 0 spiro atoms. The van der Waals surface area contributed by atoms with Gasteiger partial charge in [0.25, 0.3) is 0 Å². The summed E-state index contributed by atoms with van der Waals surface area (Å²) in [5, 5.41) is 2.81. The van der Waals surface area contributed by atoms with E-state index in [-0.39, 0.29) is 11.8 Å². The van der Waals surface area contributed by atoms with Crippen molar-refractivity contribution in [3.8, 4) is 5.75 Å². The van der Waals surface area contributed by atoms with E-state index < -0.39 is 6.04 Å². The molecule has 0 radical (unpaired) electrons. The number of nitrogens with two attached hydrogens (primary N) is 1. The second-order valence-electron chi connectivity index (χ2n) is 4.25. The largest absolute Gasteiger partial charge is 0.497 e. The Kier molecular flexibility index (Phi) is 5.62. The highest BCUT2D eigenvalue weighted by molar-refractivity contribution is 9.10. The highest BCUT2D eigenvalue weighted by Crippen LogP contribution is 2.27. The zero-order valence-corrected chi connectivity index (χ0v) is 12.5. The van der Waals surface area contributed by atoms with Gasteiger partial charge in [-0.25, -0.2) is 0 Å². The van der Waals surface area contributed by atoms with Gasteiger partial charge in [0.05, 0.1) is 18.8 Å². The number of methoxy groups -OCH3 is 1. The van der Waals surface area contributed by atoms with Gasteiger partial charge in [-0.2, -0.15) is 0 Å². The third-order valence-corrected chi connectivity index (χ3v) is 3.68. The van der Waals surface area contributed by atoms with Crippen LogP contribution in [0.2, 0.25) is 0 Å². The predicted octanol–water partition coefficient (Wildman–Crippen LogP) is 2.77. The zero-order valence-electron chi connectivity index (χ0n) is 10.9. The maximum Gasteiger partial charge on any atom is 0.241 e. The summed E-state index contributed by atoms with van der Waals surface area (Å²) in [6.45, 7) is 3.98. The molecular weight excluding hydrogens is 296 g/mol. The fourth-order valence-electron chi connectivity index (χ4n) is 1.46. The Labute approximate surface area is 116 Å². The van der Waals surface area contributed by atoms with E-state index in [9.17, 15) is 4.79 Å². The van der Waals surface area contributed by atoms with Crippen molar-refractivity contribution < 1.29 is 9.53 Å². The molecule has 0 bridgehead atoms. The Morgan fingerprint density at radius 2 is 2.22 bits per heavy atom. The van der Waals surface area contributed by atoms with Crippen LogP contribution in [-0.4, -0.2) is 19.1 Å². The van der Waals surface area contributed by atoms with Crippen molar-refractivity contribution in [1.29, 1.82) is 0 Å². The van der Waals surface area contributed by atoms with Crippen molar-refractivity contribution in [2.75, 3.05) is 12.4 Å². The van der Waals surface area contributed by atoms with E-state index in [1.807, 2.05) is 26.0 Å². The van der Waals surface area contributed by atoms with Gasteiger partial charge in [-0.15, -0.1) is 0 Å². The number of rotatable bonds is 5. The first-order valence-electron chi connectivity index (χ1n) is 5.89. The van der Waals surface area contributed by atoms with E-state index in [4.69, 9.17) is 10.5 Å². The topological polar surface area (TPSA) is 64.4 Å². The number of anilines is 1. The third kappa shape index (κ3) is 3.71. The van der Waals surface area contributed by atoms with Crippen LogP contribution in [0.1, 0.15) is 20.3 Å². The van der Waals surface area contributed by atoms with Crippen LogP contribution in [-0.2, 0) is 4.79 Å². The summed E-state index contributed by atoms with van der Waals surface area (Å²) in [6, 6.07) is 4.89. The summed E-state index contributed by atoms with van der Waals surface area (Å²) < 4.78 is 5.92. The van der Waals surface area contributed by atoms with Gasteiger partial charge in [-0.05, 0) is 34.0 Å². The van der Waals surface area contributed by atoms with Gasteiger partial charge >= 0.3 is 0 Å². The van der Waals surface area contributed by atoms with Crippen LogP contribution >= 0.6 is 15.9 Å². The van der Waals surface area contributed by atoms with Crippen molar-refractivity contribution in [2.45, 2.75) is 26.3 Å². The number of hydrogen-bond acceptors (Lipinski definition) is 3. The molecule has 0 saturated carbocycles. The molecule has 0 saturated heterocycles. The molecule has 3 N–H and O–H groups in total. The fourth-order valence-corrected chi connectivity index (χ4v) is 1.80. The van der Waals surface area contributed by atoms with Gasteiger partial charge in [0.15, 0.2) is 0 Å². The van der Waals surface area contributed by atoms with Crippen LogP contribution in [0.3, 0.4) is 0 Å². The van der Waals surface area contributed by atoms with E-state index in [0.29, 0.717) is 11.4 Å². The SMILES string of the molecule is CCC(C)[C@H](N)C(=O)Nc1cc(OC)ccc1Br. The van der Waals surface area contributed by atoms with Gasteiger partial charge < -0.3 is 15.8 Å². The molecule has 0 aliphatic heterocycles. The summed E-state index contributed by atoms with van der Waals surface area (Å²) in [5.74, 6) is 0.651. The monoisotopic (exact) mass is 314 g/mol. The number of carbonyl (C=O) groups is 1. The average molecular weight is 315 g/mol. The molecule has 0 fully saturated rings. The van der Waals surface area contributed by atoms with E-state index in [0.717, 1.165) is 10.9 Å². The Morgan fingerprint density at radius 1 is 1.56 bits per heavy atom. The maximum absolute atomic E-state index is 12.0. The number of benzene rings is 1. The molecule has 2 atom stereocenters. The van der Waals surface area contributed by atoms with Gasteiger partial charge in [0, 0.05) is 10.5 Å². The lowest BCUT2D eigenvalue weighted by Crippen LogP contribution is -2.40. The molecule has 1 unspecified atom stereocenters. The quantitative estimate of drug-likeness (QED) is 0.878. The number of amides is 1. The molecule has 5 heteroatoms. The van der Waals surface area contributed by atoms with Crippen LogP contribution < -0.4 is 15.8 Å². The lowest BCUT2D eigenvalue weighted by atomic mass is 9.99. The Morgan fingerprint density at radius 3 is 2.78 bits per heavy atom. The molecule has 0 aliphatic rings. The number of carbonyl (C=O) groups excluding carboxylic acids is 1. The lowest BCUT2D eigenvalue weighted by molar-refractivity contribution is -0.118. The molecule has 1 rings (SSSR count).